The van der Waals surface area contributed by atoms with Crippen LogP contribution in [-0.2, 0) is 0 Å². The van der Waals surface area contributed by atoms with E-state index in [0.717, 1.165) is 42.5 Å². The number of rotatable bonds is 5. The Kier molecular flexibility index (Phi) is 6.02. The molecule has 10 nitrogen and oxygen atoms in total. The minimum Gasteiger partial charge on any atom is -0.497 e. The van der Waals surface area contributed by atoms with Crippen molar-refractivity contribution in [2.75, 3.05) is 30.4 Å². The van der Waals surface area contributed by atoms with Gasteiger partial charge in [-0.25, -0.2) is 19.3 Å². The van der Waals surface area contributed by atoms with E-state index in [1.54, 1.807) is 30.3 Å². The zero-order valence-corrected chi connectivity index (χ0v) is 17.9. The highest BCUT2D eigenvalue weighted by atomic mass is 16.5. The lowest BCUT2D eigenvalue weighted by Crippen LogP contribution is -2.38. The summed E-state index contributed by atoms with van der Waals surface area (Å²) in [5.41, 5.74) is -1.29. The number of H-pyrrole nitrogens is 1. The average Bonchev–Trinajstić information content (AvgIpc) is 2.80. The molecule has 4 rings (SSSR count). The lowest BCUT2D eigenvalue weighted by Gasteiger charge is -2.31. The minimum atomic E-state index is -0.740. The second-order valence-electron chi connectivity index (χ2n) is 7.73. The van der Waals surface area contributed by atoms with Crippen LogP contribution in [-0.4, -0.2) is 45.6 Å². The van der Waals surface area contributed by atoms with Gasteiger partial charge in [-0.1, -0.05) is 6.92 Å². The number of carbonyl (C=O) groups excluding carboxylic acids is 1. The summed E-state index contributed by atoms with van der Waals surface area (Å²) >= 11 is 0. The number of carbonyl (C=O) groups is 1. The van der Waals surface area contributed by atoms with Crippen molar-refractivity contribution in [2.24, 2.45) is 5.92 Å². The molecule has 3 aromatic rings. The normalized spacial score (nSPS) is 14.2. The first-order valence-electron chi connectivity index (χ1n) is 10.3. The number of amides is 1. The smallest absolute Gasteiger partial charge is 0.333 e. The van der Waals surface area contributed by atoms with E-state index in [1.165, 1.54) is 13.4 Å². The molecule has 1 amide bonds. The van der Waals surface area contributed by atoms with Gasteiger partial charge in [0, 0.05) is 25.4 Å². The van der Waals surface area contributed by atoms with Crippen LogP contribution in [0.4, 0.5) is 11.6 Å². The SMILES string of the molecule is COc1ccc(-n2c(=O)[nH]cc(C(=O)Nc3cc(N4CCC(C)CC4)ncn3)c2=O)cc1. The Labute approximate surface area is 183 Å². The number of nitrogens with one attached hydrogen (secondary N) is 2. The number of ether oxygens (including phenoxy) is 1. The molecule has 0 unspecified atom stereocenters. The maximum absolute atomic E-state index is 12.9. The highest BCUT2D eigenvalue weighted by Crippen LogP contribution is 2.22. The van der Waals surface area contributed by atoms with Crippen molar-refractivity contribution < 1.29 is 9.53 Å². The fraction of sp³-hybridized carbons (Fsp3) is 0.318. The summed E-state index contributed by atoms with van der Waals surface area (Å²) in [5, 5.41) is 2.63. The minimum absolute atomic E-state index is 0.215. The van der Waals surface area contributed by atoms with Crippen molar-refractivity contribution in [2.45, 2.75) is 19.8 Å². The number of hydrogen-bond acceptors (Lipinski definition) is 7. The second kappa shape index (κ2) is 9.04. The van der Waals surface area contributed by atoms with Crippen molar-refractivity contribution >= 4 is 17.5 Å². The van der Waals surface area contributed by atoms with Crippen LogP contribution in [0.3, 0.4) is 0 Å². The number of hydrogen-bond donors (Lipinski definition) is 2. The number of anilines is 2. The molecule has 1 aliphatic rings. The van der Waals surface area contributed by atoms with E-state index in [1.807, 2.05) is 0 Å². The van der Waals surface area contributed by atoms with Crippen LogP contribution in [0, 0.1) is 5.92 Å². The number of nitrogens with zero attached hydrogens (tertiary/aromatic N) is 4. The van der Waals surface area contributed by atoms with Crippen molar-refractivity contribution in [3.05, 3.63) is 69.3 Å². The zero-order chi connectivity index (χ0) is 22.7. The summed E-state index contributed by atoms with van der Waals surface area (Å²) in [4.78, 5) is 51.0. The molecule has 0 aliphatic carbocycles. The van der Waals surface area contributed by atoms with Crippen LogP contribution >= 0.6 is 0 Å². The van der Waals surface area contributed by atoms with E-state index < -0.39 is 17.2 Å². The summed E-state index contributed by atoms with van der Waals surface area (Å²) in [6.45, 7) is 4.00. The molecule has 2 aromatic heterocycles. The van der Waals surface area contributed by atoms with Gasteiger partial charge in [-0.3, -0.25) is 9.59 Å². The Bertz CT molecular complexity index is 1230. The van der Waals surface area contributed by atoms with Gasteiger partial charge in [0.15, 0.2) is 0 Å². The molecule has 0 atom stereocenters. The van der Waals surface area contributed by atoms with Crippen molar-refractivity contribution in [3.63, 3.8) is 0 Å². The van der Waals surface area contributed by atoms with Crippen LogP contribution in [0.15, 0.2) is 52.4 Å². The maximum atomic E-state index is 12.9. The highest BCUT2D eigenvalue weighted by Gasteiger charge is 2.19. The molecule has 1 saturated heterocycles. The summed E-state index contributed by atoms with van der Waals surface area (Å²) < 4.78 is 6.00. The van der Waals surface area contributed by atoms with Crippen molar-refractivity contribution in [1.29, 1.82) is 0 Å². The molecule has 0 radical (unpaired) electrons. The summed E-state index contributed by atoms with van der Waals surface area (Å²) in [6.07, 6.45) is 4.64. The Hall–Kier alpha value is -3.95. The molecule has 0 bridgehead atoms. The van der Waals surface area contributed by atoms with Crippen molar-refractivity contribution in [1.82, 2.24) is 19.5 Å². The molecule has 0 saturated carbocycles. The molecule has 1 aliphatic heterocycles. The molecular weight excluding hydrogens is 412 g/mol. The van der Waals surface area contributed by atoms with Gasteiger partial charge in [-0.15, -0.1) is 0 Å². The Morgan fingerprint density at radius 3 is 2.56 bits per heavy atom. The predicted octanol–water partition coefficient (Wildman–Crippen LogP) is 1.81. The first-order chi connectivity index (χ1) is 15.5. The molecule has 166 valence electrons. The van der Waals surface area contributed by atoms with E-state index in [9.17, 15) is 14.4 Å². The van der Waals surface area contributed by atoms with Gasteiger partial charge in [0.1, 0.15) is 29.3 Å². The lowest BCUT2D eigenvalue weighted by atomic mass is 9.99. The van der Waals surface area contributed by atoms with Crippen LogP contribution in [0.5, 0.6) is 5.75 Å². The van der Waals surface area contributed by atoms with Gasteiger partial charge in [0.25, 0.3) is 11.5 Å². The number of aromatic amines is 1. The van der Waals surface area contributed by atoms with Crippen LogP contribution < -0.4 is 26.2 Å². The molecule has 10 heteroatoms. The van der Waals surface area contributed by atoms with E-state index in [2.05, 4.69) is 32.1 Å². The number of piperidine rings is 1. The van der Waals surface area contributed by atoms with Crippen LogP contribution in [0.2, 0.25) is 0 Å². The fourth-order valence-electron chi connectivity index (χ4n) is 3.61. The van der Waals surface area contributed by atoms with E-state index in [0.29, 0.717) is 17.4 Å². The first kappa shape index (κ1) is 21.3. The van der Waals surface area contributed by atoms with Gasteiger partial charge >= 0.3 is 5.69 Å². The Balaban J connectivity index is 1.58. The summed E-state index contributed by atoms with van der Waals surface area (Å²) in [6, 6.07) is 8.05. The van der Waals surface area contributed by atoms with Crippen molar-refractivity contribution in [3.8, 4) is 11.4 Å². The van der Waals surface area contributed by atoms with Crippen LogP contribution in [0.1, 0.15) is 30.1 Å². The topological polar surface area (TPSA) is 122 Å². The molecule has 32 heavy (non-hydrogen) atoms. The third kappa shape index (κ3) is 4.39. The second-order valence-corrected chi connectivity index (χ2v) is 7.73. The number of aromatic nitrogens is 4. The maximum Gasteiger partial charge on any atom is 0.333 e. The standard InChI is InChI=1S/C22H24N6O4/c1-14-7-9-27(10-8-14)19-11-18(24-13-25-19)26-20(29)17-12-23-22(31)28(21(17)30)15-3-5-16(32-2)6-4-15/h3-6,11-14H,7-10H2,1-2H3,(H,23,31)(H,24,25,26,29). The third-order valence-corrected chi connectivity index (χ3v) is 5.55. The molecule has 3 heterocycles. The summed E-state index contributed by atoms with van der Waals surface area (Å²) in [5.74, 6) is 1.58. The molecular formula is C22H24N6O4. The van der Waals surface area contributed by atoms with Gasteiger partial charge < -0.3 is 19.9 Å². The Morgan fingerprint density at radius 1 is 1.16 bits per heavy atom. The van der Waals surface area contributed by atoms with Gasteiger partial charge in [0.05, 0.1) is 12.8 Å². The van der Waals surface area contributed by atoms with Gasteiger partial charge in [-0.05, 0) is 43.0 Å². The quantitative estimate of drug-likeness (QED) is 0.625. The highest BCUT2D eigenvalue weighted by molar-refractivity contribution is 6.03. The van der Waals surface area contributed by atoms with Gasteiger partial charge in [0.2, 0.25) is 0 Å². The molecule has 0 spiro atoms. The predicted molar refractivity (Wildman–Crippen MR) is 120 cm³/mol. The Morgan fingerprint density at radius 2 is 1.88 bits per heavy atom. The van der Waals surface area contributed by atoms with E-state index in [-0.39, 0.29) is 11.4 Å². The van der Waals surface area contributed by atoms with E-state index >= 15 is 0 Å². The van der Waals surface area contributed by atoms with E-state index in [4.69, 9.17) is 4.74 Å². The monoisotopic (exact) mass is 436 g/mol. The summed E-state index contributed by atoms with van der Waals surface area (Å²) in [7, 11) is 1.52. The molecule has 2 N–H and O–H groups in total. The average molecular weight is 436 g/mol. The van der Waals surface area contributed by atoms with Gasteiger partial charge in [-0.2, -0.15) is 0 Å². The third-order valence-electron chi connectivity index (χ3n) is 5.55. The lowest BCUT2D eigenvalue weighted by molar-refractivity contribution is 0.102. The fourth-order valence-corrected chi connectivity index (χ4v) is 3.61. The number of methoxy groups -OCH3 is 1. The largest absolute Gasteiger partial charge is 0.497 e. The molecule has 1 fully saturated rings. The first-order valence-corrected chi connectivity index (χ1v) is 10.3. The molecule has 1 aromatic carbocycles. The zero-order valence-electron chi connectivity index (χ0n) is 17.9. The number of benzene rings is 1. The van der Waals surface area contributed by atoms with Crippen LogP contribution in [0.25, 0.3) is 5.69 Å².